The smallest absolute Gasteiger partial charge is 0.246 e. The van der Waals surface area contributed by atoms with Crippen LogP contribution in [0, 0.1) is 6.92 Å². The summed E-state index contributed by atoms with van der Waals surface area (Å²) in [5.74, 6) is 0.672. The van der Waals surface area contributed by atoms with Crippen molar-refractivity contribution in [3.05, 3.63) is 60.4 Å². The number of carbonyl (C=O) groups excluding carboxylic acids is 1. The van der Waals surface area contributed by atoms with Crippen LogP contribution in [-0.4, -0.2) is 52.3 Å². The number of aromatic nitrogens is 3. The molecule has 1 aromatic heterocycles. The monoisotopic (exact) mass is 364 g/mol. The van der Waals surface area contributed by atoms with Gasteiger partial charge in [0.2, 0.25) is 11.9 Å². The van der Waals surface area contributed by atoms with Gasteiger partial charge in [0.05, 0.1) is 12.2 Å². The second-order valence-corrected chi connectivity index (χ2v) is 6.77. The second kappa shape index (κ2) is 7.11. The molecule has 1 fully saturated rings. The van der Waals surface area contributed by atoms with Crippen LogP contribution in [0.1, 0.15) is 6.99 Å². The van der Waals surface area contributed by atoms with E-state index in [1.54, 1.807) is 15.9 Å². The molecule has 2 heterocycles. The molecule has 4 rings (SSSR count). The summed E-state index contributed by atoms with van der Waals surface area (Å²) >= 11 is 0. The van der Waals surface area contributed by atoms with Crippen LogP contribution in [0.3, 0.4) is 0 Å². The van der Waals surface area contributed by atoms with E-state index in [2.05, 4.69) is 26.4 Å². The molecular weight excluding hydrogens is 340 g/mol. The highest BCUT2D eigenvalue weighted by molar-refractivity contribution is 5.83. The Kier molecular flexibility index (Phi) is 4.50. The van der Waals surface area contributed by atoms with Gasteiger partial charge in [-0.1, -0.05) is 18.2 Å². The molecular formula is C20H24N6O. The zero-order valence-corrected chi connectivity index (χ0v) is 15.5. The van der Waals surface area contributed by atoms with E-state index in [1.165, 1.54) is 0 Å². The van der Waals surface area contributed by atoms with Gasteiger partial charge in [-0.25, -0.2) is 4.68 Å². The fourth-order valence-electron chi connectivity index (χ4n) is 3.15. The minimum absolute atomic E-state index is 0. The van der Waals surface area contributed by atoms with Gasteiger partial charge in [0.1, 0.15) is 6.33 Å². The number of anilines is 3. The molecule has 27 heavy (non-hydrogen) atoms. The van der Waals surface area contributed by atoms with Crippen LogP contribution < -0.4 is 10.2 Å². The highest BCUT2D eigenvalue weighted by Gasteiger charge is 2.21. The van der Waals surface area contributed by atoms with Gasteiger partial charge in [0.15, 0.2) is 0 Å². The second-order valence-electron chi connectivity index (χ2n) is 6.77. The molecule has 0 bridgehead atoms. The highest BCUT2D eigenvalue weighted by Crippen LogP contribution is 2.25. The van der Waals surface area contributed by atoms with Gasteiger partial charge in [-0.2, -0.15) is 4.98 Å². The number of piperazine rings is 1. The Morgan fingerprint density at radius 2 is 1.89 bits per heavy atom. The van der Waals surface area contributed by atoms with Crippen molar-refractivity contribution in [3.63, 3.8) is 0 Å². The lowest BCUT2D eigenvalue weighted by atomic mass is 10.1. The Bertz CT molecular complexity index is 958. The van der Waals surface area contributed by atoms with E-state index < -0.39 is 0 Å². The first kappa shape index (κ1) is 17.1. The average molecular weight is 364 g/mol. The Morgan fingerprint density at radius 3 is 2.67 bits per heavy atom. The zero-order valence-electron chi connectivity index (χ0n) is 15.5. The first-order valence-corrected chi connectivity index (χ1v) is 8.93. The maximum Gasteiger partial charge on any atom is 0.246 e. The molecule has 0 radical (unpaired) electrons. The van der Waals surface area contributed by atoms with Crippen LogP contribution >= 0.6 is 0 Å². The molecule has 2 aromatic carbocycles. The largest absolute Gasteiger partial charge is 0.360 e. The predicted molar refractivity (Wildman–Crippen MR) is 108 cm³/mol. The van der Waals surface area contributed by atoms with E-state index in [0.29, 0.717) is 12.5 Å². The van der Waals surface area contributed by atoms with E-state index in [9.17, 15) is 4.79 Å². The van der Waals surface area contributed by atoms with Gasteiger partial charge in [-0.3, -0.25) is 4.79 Å². The summed E-state index contributed by atoms with van der Waals surface area (Å²) in [5, 5.41) is 7.76. The van der Waals surface area contributed by atoms with Crippen molar-refractivity contribution in [1.29, 1.82) is 0 Å². The number of aryl methyl sites for hydroxylation is 1. The Morgan fingerprint density at radius 1 is 1.07 bits per heavy atom. The average Bonchev–Trinajstić information content (AvgIpc) is 3.13. The molecule has 1 saturated heterocycles. The summed E-state index contributed by atoms with van der Waals surface area (Å²) in [4.78, 5) is 20.2. The summed E-state index contributed by atoms with van der Waals surface area (Å²) < 4.78 is 1.73. The van der Waals surface area contributed by atoms with Crippen molar-refractivity contribution >= 4 is 23.2 Å². The fourth-order valence-corrected chi connectivity index (χ4v) is 3.15. The molecule has 1 aliphatic heterocycles. The van der Waals surface area contributed by atoms with Crippen LogP contribution in [0.25, 0.3) is 5.69 Å². The van der Waals surface area contributed by atoms with Crippen molar-refractivity contribution in [2.45, 2.75) is 6.92 Å². The fraction of sp³-hybridized carbons (Fsp3) is 0.250. The molecule has 0 aliphatic carbocycles. The van der Waals surface area contributed by atoms with Gasteiger partial charge in [0.25, 0.3) is 0 Å². The number of rotatable bonds is 4. The standard InChI is InChI=1S/C20H22N6O.H2/c1-15-10-16(12-18(11-15)25-9-8-24(2)19(27)13-25)22-20-21-14-26(23-20)17-6-4-3-5-7-17;/h3-7,10-12,14H,8-9,13H2,1-2H3,(H,22,23);1H. The Labute approximate surface area is 159 Å². The lowest BCUT2D eigenvalue weighted by molar-refractivity contribution is -0.129. The third kappa shape index (κ3) is 3.76. The van der Waals surface area contributed by atoms with Gasteiger partial charge < -0.3 is 15.1 Å². The van der Waals surface area contributed by atoms with Crippen LogP contribution in [0.4, 0.5) is 17.3 Å². The van der Waals surface area contributed by atoms with Crippen LogP contribution in [0.5, 0.6) is 0 Å². The van der Waals surface area contributed by atoms with Crippen molar-refractivity contribution in [2.24, 2.45) is 0 Å². The number of hydrogen-bond acceptors (Lipinski definition) is 5. The summed E-state index contributed by atoms with van der Waals surface area (Å²) in [7, 11) is 1.84. The zero-order chi connectivity index (χ0) is 18.8. The molecule has 1 aliphatic rings. The first-order chi connectivity index (χ1) is 13.1. The van der Waals surface area contributed by atoms with Crippen LogP contribution in [-0.2, 0) is 4.79 Å². The minimum atomic E-state index is 0. The lowest BCUT2D eigenvalue weighted by Gasteiger charge is -2.33. The van der Waals surface area contributed by atoms with Crippen molar-refractivity contribution < 1.29 is 6.22 Å². The third-order valence-electron chi connectivity index (χ3n) is 4.65. The summed E-state index contributed by atoms with van der Waals surface area (Å²) in [6, 6.07) is 16.0. The van der Waals surface area contributed by atoms with Crippen molar-refractivity contribution in [1.82, 2.24) is 19.7 Å². The number of likely N-dealkylation sites (N-methyl/N-ethyl adjacent to an activating group) is 1. The van der Waals surface area contributed by atoms with Crippen molar-refractivity contribution in [3.8, 4) is 5.69 Å². The number of para-hydroxylation sites is 1. The van der Waals surface area contributed by atoms with Crippen LogP contribution in [0.2, 0.25) is 0 Å². The van der Waals surface area contributed by atoms with E-state index in [0.717, 1.165) is 35.7 Å². The molecule has 0 unspecified atom stereocenters. The van der Waals surface area contributed by atoms with E-state index in [1.807, 2.05) is 56.4 Å². The highest BCUT2D eigenvalue weighted by atomic mass is 16.2. The molecule has 0 spiro atoms. The number of carbonyl (C=O) groups is 1. The third-order valence-corrected chi connectivity index (χ3v) is 4.65. The molecule has 1 amide bonds. The maximum atomic E-state index is 12.0. The van der Waals surface area contributed by atoms with Gasteiger partial charge in [-0.05, 0) is 42.8 Å². The molecule has 0 atom stereocenters. The predicted octanol–water partition coefficient (Wildman–Crippen LogP) is 2.84. The van der Waals surface area contributed by atoms with E-state index in [-0.39, 0.29) is 7.33 Å². The number of benzene rings is 2. The Hall–Kier alpha value is -3.35. The van der Waals surface area contributed by atoms with Gasteiger partial charge in [-0.15, -0.1) is 5.10 Å². The van der Waals surface area contributed by atoms with Gasteiger partial charge >= 0.3 is 0 Å². The summed E-state index contributed by atoms with van der Waals surface area (Å²) in [6.45, 7) is 4.01. The number of nitrogens with zero attached hydrogens (tertiary/aromatic N) is 5. The summed E-state index contributed by atoms with van der Waals surface area (Å²) in [5.41, 5.74) is 4.01. The van der Waals surface area contributed by atoms with Crippen LogP contribution in [0.15, 0.2) is 54.9 Å². The SMILES string of the molecule is Cc1cc(Nc2ncn(-c3ccccc3)n2)cc(N2CCN(C)C(=O)C2)c1.[HH]. The first-order valence-electron chi connectivity index (χ1n) is 8.93. The quantitative estimate of drug-likeness (QED) is 0.771. The molecule has 0 saturated carbocycles. The molecule has 7 heteroatoms. The number of amides is 1. The number of hydrogen-bond donors (Lipinski definition) is 1. The normalized spacial score (nSPS) is 14.5. The molecule has 140 valence electrons. The minimum Gasteiger partial charge on any atom is -0.360 e. The van der Waals surface area contributed by atoms with E-state index >= 15 is 0 Å². The Balaban J connectivity index is 0.00000225. The lowest BCUT2D eigenvalue weighted by Crippen LogP contribution is -2.48. The molecule has 7 nitrogen and oxygen atoms in total. The van der Waals surface area contributed by atoms with Crippen molar-refractivity contribution in [2.75, 3.05) is 36.9 Å². The maximum absolute atomic E-state index is 12.0. The molecule has 1 N–H and O–H groups in total. The van der Waals surface area contributed by atoms with Gasteiger partial charge in [0, 0.05) is 32.9 Å². The molecule has 3 aromatic rings. The topological polar surface area (TPSA) is 66.3 Å². The summed E-state index contributed by atoms with van der Waals surface area (Å²) in [6.07, 6.45) is 1.69. The van der Waals surface area contributed by atoms with E-state index in [4.69, 9.17) is 0 Å². The number of nitrogens with one attached hydrogen (secondary N) is 1.